The van der Waals surface area contributed by atoms with Gasteiger partial charge in [-0.3, -0.25) is 14.9 Å². The number of aliphatic carboxylic acids is 1. The summed E-state index contributed by atoms with van der Waals surface area (Å²) in [5.74, 6) is -0.106. The van der Waals surface area contributed by atoms with E-state index in [1.165, 1.54) is 6.20 Å². The van der Waals surface area contributed by atoms with E-state index in [1.54, 1.807) is 19.9 Å². The molecular formula is C13H17N3O4. The maximum absolute atomic E-state index is 11.2. The largest absolute Gasteiger partial charge is 0.481 e. The molecule has 1 saturated heterocycles. The fourth-order valence-corrected chi connectivity index (χ4v) is 2.34. The van der Waals surface area contributed by atoms with Crippen molar-refractivity contribution < 1.29 is 14.8 Å². The first-order valence-corrected chi connectivity index (χ1v) is 6.43. The first-order chi connectivity index (χ1) is 9.33. The third-order valence-electron chi connectivity index (χ3n) is 3.97. The molecule has 2 heterocycles. The van der Waals surface area contributed by atoms with Gasteiger partial charge in [-0.2, -0.15) is 0 Å². The molecule has 1 fully saturated rings. The van der Waals surface area contributed by atoms with Gasteiger partial charge in [0.25, 0.3) is 5.69 Å². The average Bonchev–Trinajstić information content (AvgIpc) is 2.38. The Hall–Kier alpha value is -2.18. The highest BCUT2D eigenvalue weighted by atomic mass is 16.6. The zero-order chi connectivity index (χ0) is 14.9. The summed E-state index contributed by atoms with van der Waals surface area (Å²) in [6.07, 6.45) is 2.34. The van der Waals surface area contributed by atoms with Gasteiger partial charge in [-0.05, 0) is 32.8 Å². The van der Waals surface area contributed by atoms with Crippen LogP contribution in [0.3, 0.4) is 0 Å². The Morgan fingerprint density at radius 2 is 2.10 bits per heavy atom. The van der Waals surface area contributed by atoms with E-state index in [4.69, 9.17) is 0 Å². The second-order valence-electron chi connectivity index (χ2n) is 5.44. The number of aromatic nitrogens is 1. The molecule has 2 rings (SSSR count). The molecule has 0 amide bonds. The Morgan fingerprint density at radius 1 is 1.50 bits per heavy atom. The molecule has 0 aliphatic carbocycles. The molecule has 0 bridgehead atoms. The van der Waals surface area contributed by atoms with Crippen LogP contribution in [0.15, 0.2) is 12.3 Å². The summed E-state index contributed by atoms with van der Waals surface area (Å²) in [5.41, 5.74) is -0.125. The standard InChI is InChI=1S/C13H17N3O4/c1-9-7-11(14-8-10(9)16(19)20)15-5-3-13(2,4-6-15)12(17)18/h7-8H,3-6H2,1-2H3,(H,17,18). The second-order valence-corrected chi connectivity index (χ2v) is 5.44. The van der Waals surface area contributed by atoms with Gasteiger partial charge < -0.3 is 10.0 Å². The number of nitrogens with zero attached hydrogens (tertiary/aromatic N) is 3. The number of carboxylic acids is 1. The zero-order valence-electron chi connectivity index (χ0n) is 11.5. The number of anilines is 1. The van der Waals surface area contributed by atoms with Crippen LogP contribution in [-0.2, 0) is 4.79 Å². The van der Waals surface area contributed by atoms with E-state index in [2.05, 4.69) is 4.98 Å². The van der Waals surface area contributed by atoms with Crippen molar-refractivity contribution in [2.75, 3.05) is 18.0 Å². The lowest BCUT2D eigenvalue weighted by atomic mass is 9.80. The van der Waals surface area contributed by atoms with E-state index < -0.39 is 16.3 Å². The van der Waals surface area contributed by atoms with Crippen LogP contribution in [0.1, 0.15) is 25.3 Å². The smallest absolute Gasteiger partial charge is 0.309 e. The molecule has 1 N–H and O–H groups in total. The molecular weight excluding hydrogens is 262 g/mol. The van der Waals surface area contributed by atoms with Crippen LogP contribution in [0.25, 0.3) is 0 Å². The Morgan fingerprint density at radius 3 is 2.55 bits per heavy atom. The Kier molecular flexibility index (Phi) is 3.61. The van der Waals surface area contributed by atoms with Crippen LogP contribution in [-0.4, -0.2) is 34.1 Å². The molecule has 7 nitrogen and oxygen atoms in total. The third-order valence-corrected chi connectivity index (χ3v) is 3.97. The van der Waals surface area contributed by atoms with Gasteiger partial charge in [-0.25, -0.2) is 4.98 Å². The first kappa shape index (κ1) is 14.2. The number of nitro groups is 1. The number of pyridine rings is 1. The normalized spacial score (nSPS) is 17.8. The van der Waals surface area contributed by atoms with Crippen molar-refractivity contribution in [2.45, 2.75) is 26.7 Å². The van der Waals surface area contributed by atoms with E-state index in [0.717, 1.165) is 0 Å². The number of piperidine rings is 1. The monoisotopic (exact) mass is 279 g/mol. The molecule has 1 aromatic heterocycles. The summed E-state index contributed by atoms with van der Waals surface area (Å²) >= 11 is 0. The van der Waals surface area contributed by atoms with Gasteiger partial charge in [0.05, 0.1) is 10.3 Å². The number of rotatable bonds is 3. The van der Waals surface area contributed by atoms with Crippen LogP contribution in [0.4, 0.5) is 11.5 Å². The summed E-state index contributed by atoms with van der Waals surface area (Å²) in [5, 5.41) is 19.9. The van der Waals surface area contributed by atoms with Crippen molar-refractivity contribution in [3.05, 3.63) is 27.9 Å². The van der Waals surface area contributed by atoms with E-state index in [9.17, 15) is 20.0 Å². The molecule has 0 atom stereocenters. The Bertz CT molecular complexity index is 551. The fourth-order valence-electron chi connectivity index (χ4n) is 2.34. The van der Waals surface area contributed by atoms with Crippen molar-refractivity contribution in [2.24, 2.45) is 5.41 Å². The predicted octanol–water partition coefficient (Wildman–Crippen LogP) is 1.99. The van der Waals surface area contributed by atoms with Gasteiger partial charge in [-0.15, -0.1) is 0 Å². The lowest BCUT2D eigenvalue weighted by Crippen LogP contribution is -2.43. The molecule has 0 unspecified atom stereocenters. The predicted molar refractivity (Wildman–Crippen MR) is 72.8 cm³/mol. The lowest BCUT2D eigenvalue weighted by Gasteiger charge is -2.37. The van der Waals surface area contributed by atoms with Crippen LogP contribution < -0.4 is 4.90 Å². The summed E-state index contributed by atoms with van der Waals surface area (Å²) in [6, 6.07) is 1.68. The zero-order valence-corrected chi connectivity index (χ0v) is 11.5. The molecule has 108 valence electrons. The van der Waals surface area contributed by atoms with Crippen LogP contribution in [0, 0.1) is 22.5 Å². The average molecular weight is 279 g/mol. The molecule has 0 radical (unpaired) electrons. The number of aryl methyl sites for hydroxylation is 1. The Balaban J connectivity index is 2.13. The summed E-state index contributed by atoms with van der Waals surface area (Å²) in [4.78, 5) is 27.6. The highest BCUT2D eigenvalue weighted by Gasteiger charge is 2.37. The highest BCUT2D eigenvalue weighted by Crippen LogP contribution is 2.33. The number of carboxylic acid groups (broad SMARTS) is 1. The first-order valence-electron chi connectivity index (χ1n) is 6.43. The van der Waals surface area contributed by atoms with E-state index in [0.29, 0.717) is 37.3 Å². The minimum Gasteiger partial charge on any atom is -0.481 e. The molecule has 0 saturated carbocycles. The third kappa shape index (κ3) is 2.56. The molecule has 7 heteroatoms. The van der Waals surface area contributed by atoms with Gasteiger partial charge in [0.1, 0.15) is 12.0 Å². The SMILES string of the molecule is Cc1cc(N2CCC(C)(C(=O)O)CC2)ncc1[N+](=O)[O-]. The van der Waals surface area contributed by atoms with Crippen molar-refractivity contribution in [1.29, 1.82) is 0 Å². The van der Waals surface area contributed by atoms with E-state index in [-0.39, 0.29) is 5.69 Å². The molecule has 1 aliphatic rings. The minimum absolute atomic E-state index is 0.00105. The van der Waals surface area contributed by atoms with Gasteiger partial charge >= 0.3 is 5.97 Å². The van der Waals surface area contributed by atoms with Gasteiger partial charge in [-0.1, -0.05) is 0 Å². The summed E-state index contributed by atoms with van der Waals surface area (Å²) in [7, 11) is 0. The van der Waals surface area contributed by atoms with E-state index in [1.807, 2.05) is 4.90 Å². The number of hydrogen-bond donors (Lipinski definition) is 1. The van der Waals surface area contributed by atoms with Gasteiger partial charge in [0.15, 0.2) is 0 Å². The van der Waals surface area contributed by atoms with E-state index >= 15 is 0 Å². The number of carbonyl (C=O) groups is 1. The molecule has 20 heavy (non-hydrogen) atoms. The summed E-state index contributed by atoms with van der Waals surface area (Å²) in [6.45, 7) is 4.61. The van der Waals surface area contributed by atoms with Crippen LogP contribution >= 0.6 is 0 Å². The van der Waals surface area contributed by atoms with Crippen molar-refractivity contribution in [3.8, 4) is 0 Å². The minimum atomic E-state index is -0.773. The molecule has 0 spiro atoms. The molecule has 1 aliphatic heterocycles. The molecule has 1 aromatic rings. The second kappa shape index (κ2) is 5.07. The quantitative estimate of drug-likeness (QED) is 0.671. The van der Waals surface area contributed by atoms with Gasteiger partial charge in [0.2, 0.25) is 0 Å². The van der Waals surface area contributed by atoms with Crippen LogP contribution in [0.2, 0.25) is 0 Å². The number of hydrogen-bond acceptors (Lipinski definition) is 5. The topological polar surface area (TPSA) is 96.6 Å². The molecule has 0 aromatic carbocycles. The highest BCUT2D eigenvalue weighted by molar-refractivity contribution is 5.74. The van der Waals surface area contributed by atoms with Gasteiger partial charge in [0, 0.05) is 18.7 Å². The van der Waals surface area contributed by atoms with Crippen molar-refractivity contribution in [3.63, 3.8) is 0 Å². The lowest BCUT2D eigenvalue weighted by molar-refractivity contribution is -0.385. The van der Waals surface area contributed by atoms with Crippen molar-refractivity contribution in [1.82, 2.24) is 4.98 Å². The van der Waals surface area contributed by atoms with Crippen molar-refractivity contribution >= 4 is 17.5 Å². The Labute approximate surface area is 116 Å². The summed E-state index contributed by atoms with van der Waals surface area (Å²) < 4.78 is 0. The maximum atomic E-state index is 11.2. The van der Waals surface area contributed by atoms with Crippen LogP contribution in [0.5, 0.6) is 0 Å². The maximum Gasteiger partial charge on any atom is 0.309 e. The fraction of sp³-hybridized carbons (Fsp3) is 0.538.